The van der Waals surface area contributed by atoms with Gasteiger partial charge in [-0.3, -0.25) is 9.80 Å². The fourth-order valence-corrected chi connectivity index (χ4v) is 3.50. The van der Waals surface area contributed by atoms with Crippen molar-refractivity contribution in [3.63, 3.8) is 0 Å². The lowest BCUT2D eigenvalue weighted by molar-refractivity contribution is 0.0477. The predicted molar refractivity (Wildman–Crippen MR) is 97.7 cm³/mol. The second kappa shape index (κ2) is 8.81. The third-order valence-corrected chi connectivity index (χ3v) is 4.80. The van der Waals surface area contributed by atoms with Gasteiger partial charge in [-0.1, -0.05) is 52.0 Å². The van der Waals surface area contributed by atoms with Gasteiger partial charge in [-0.15, -0.1) is 0 Å². The second-order valence-electron chi connectivity index (χ2n) is 7.69. The Hall–Kier alpha value is -0.900. The lowest BCUT2D eigenvalue weighted by Crippen LogP contribution is -2.53. The molecule has 0 radical (unpaired) electrons. The summed E-state index contributed by atoms with van der Waals surface area (Å²) < 4.78 is 0. The molecule has 0 amide bonds. The van der Waals surface area contributed by atoms with E-state index in [0.717, 1.165) is 39.1 Å². The van der Waals surface area contributed by atoms with Crippen LogP contribution in [0.5, 0.6) is 0 Å². The van der Waals surface area contributed by atoms with Crippen molar-refractivity contribution >= 4 is 0 Å². The van der Waals surface area contributed by atoms with E-state index in [1.165, 1.54) is 11.1 Å². The van der Waals surface area contributed by atoms with Crippen LogP contribution in [-0.4, -0.2) is 53.7 Å². The normalized spacial score (nSPS) is 20.6. The summed E-state index contributed by atoms with van der Waals surface area (Å²) in [5, 5.41) is 9.38. The first kappa shape index (κ1) is 18.4. The highest BCUT2D eigenvalue weighted by atomic mass is 16.3. The molecular formula is C20H34N2O. The molecule has 0 spiro atoms. The summed E-state index contributed by atoms with van der Waals surface area (Å²) in [5.41, 5.74) is 2.81. The first-order valence-electron chi connectivity index (χ1n) is 9.15. The Morgan fingerprint density at radius 2 is 1.78 bits per heavy atom. The Morgan fingerprint density at radius 1 is 1.09 bits per heavy atom. The van der Waals surface area contributed by atoms with Gasteiger partial charge in [0.1, 0.15) is 0 Å². The van der Waals surface area contributed by atoms with Gasteiger partial charge < -0.3 is 5.11 Å². The number of nitrogens with zero attached hydrogens (tertiary/aromatic N) is 2. The van der Waals surface area contributed by atoms with Crippen LogP contribution in [0.3, 0.4) is 0 Å². The minimum atomic E-state index is 0.288. The van der Waals surface area contributed by atoms with Crippen LogP contribution < -0.4 is 0 Å². The number of piperazine rings is 1. The number of aliphatic hydroxyl groups excluding tert-OH is 1. The number of aliphatic hydroxyl groups is 1. The first-order valence-corrected chi connectivity index (χ1v) is 9.15. The van der Waals surface area contributed by atoms with Crippen LogP contribution in [0.1, 0.15) is 51.2 Å². The maximum Gasteiger partial charge on any atom is 0.0446 e. The van der Waals surface area contributed by atoms with E-state index in [9.17, 15) is 5.11 Å². The van der Waals surface area contributed by atoms with Crippen molar-refractivity contribution < 1.29 is 5.11 Å². The molecule has 0 unspecified atom stereocenters. The Kier molecular flexibility index (Phi) is 7.07. The van der Waals surface area contributed by atoms with Gasteiger partial charge in [-0.25, -0.2) is 0 Å². The summed E-state index contributed by atoms with van der Waals surface area (Å²) in [6.45, 7) is 14.8. The van der Waals surface area contributed by atoms with Crippen LogP contribution in [0, 0.1) is 5.92 Å². The number of benzene rings is 1. The Bertz CT molecular complexity index is 455. The second-order valence-corrected chi connectivity index (χ2v) is 7.69. The van der Waals surface area contributed by atoms with Crippen molar-refractivity contribution in [3.8, 4) is 0 Å². The van der Waals surface area contributed by atoms with E-state index in [0.29, 0.717) is 17.9 Å². The molecule has 23 heavy (non-hydrogen) atoms. The molecule has 1 aromatic rings. The van der Waals surface area contributed by atoms with Crippen molar-refractivity contribution in [1.29, 1.82) is 0 Å². The fourth-order valence-electron chi connectivity index (χ4n) is 3.50. The third-order valence-electron chi connectivity index (χ3n) is 4.80. The largest absolute Gasteiger partial charge is 0.396 e. The molecule has 1 atom stereocenters. The van der Waals surface area contributed by atoms with E-state index in [4.69, 9.17) is 0 Å². The zero-order valence-electron chi connectivity index (χ0n) is 15.3. The van der Waals surface area contributed by atoms with Gasteiger partial charge in [-0.2, -0.15) is 0 Å². The average molecular weight is 319 g/mol. The number of hydrogen-bond donors (Lipinski definition) is 1. The van der Waals surface area contributed by atoms with Crippen molar-refractivity contribution in [3.05, 3.63) is 35.4 Å². The third kappa shape index (κ3) is 5.59. The molecular weight excluding hydrogens is 284 g/mol. The maximum absolute atomic E-state index is 9.38. The maximum atomic E-state index is 9.38. The molecule has 3 nitrogen and oxygen atoms in total. The summed E-state index contributed by atoms with van der Waals surface area (Å²) in [6, 6.07) is 9.57. The summed E-state index contributed by atoms with van der Waals surface area (Å²) in [6.07, 6.45) is 0.884. The minimum Gasteiger partial charge on any atom is -0.396 e. The van der Waals surface area contributed by atoms with Gasteiger partial charge >= 0.3 is 0 Å². The van der Waals surface area contributed by atoms with Gasteiger partial charge in [0.15, 0.2) is 0 Å². The first-order chi connectivity index (χ1) is 11.0. The van der Waals surface area contributed by atoms with Crippen LogP contribution in [0.25, 0.3) is 0 Å². The predicted octanol–water partition coefficient (Wildman–Crippen LogP) is 3.33. The molecule has 1 aliphatic rings. The van der Waals surface area contributed by atoms with Crippen LogP contribution >= 0.6 is 0 Å². The SMILES string of the molecule is CC(C)CN1CCN(Cc2ccc(C(C)C)cc2)C[C@H]1CCO. The van der Waals surface area contributed by atoms with Crippen LogP contribution in [-0.2, 0) is 6.54 Å². The quantitative estimate of drug-likeness (QED) is 0.835. The van der Waals surface area contributed by atoms with Crippen molar-refractivity contribution in [1.82, 2.24) is 9.80 Å². The highest BCUT2D eigenvalue weighted by molar-refractivity contribution is 5.24. The highest BCUT2D eigenvalue weighted by Gasteiger charge is 2.26. The molecule has 0 bridgehead atoms. The summed E-state index contributed by atoms with van der Waals surface area (Å²) in [5.74, 6) is 1.28. The molecule has 1 heterocycles. The van der Waals surface area contributed by atoms with Gasteiger partial charge in [-0.05, 0) is 29.4 Å². The molecule has 1 N–H and O–H groups in total. The monoisotopic (exact) mass is 318 g/mol. The van der Waals surface area contributed by atoms with Crippen LogP contribution in [0.4, 0.5) is 0 Å². The summed E-state index contributed by atoms with van der Waals surface area (Å²) >= 11 is 0. The van der Waals surface area contributed by atoms with Gasteiger partial charge in [0, 0.05) is 45.4 Å². The lowest BCUT2D eigenvalue weighted by atomic mass is 10.0. The molecule has 0 saturated carbocycles. The molecule has 1 fully saturated rings. The molecule has 130 valence electrons. The lowest BCUT2D eigenvalue weighted by Gasteiger charge is -2.42. The van der Waals surface area contributed by atoms with Crippen LogP contribution in [0.15, 0.2) is 24.3 Å². The topological polar surface area (TPSA) is 26.7 Å². The zero-order chi connectivity index (χ0) is 16.8. The molecule has 0 aliphatic carbocycles. The smallest absolute Gasteiger partial charge is 0.0446 e. The molecule has 2 rings (SSSR count). The van der Waals surface area contributed by atoms with Crippen molar-refractivity contribution in [2.24, 2.45) is 5.92 Å². The van der Waals surface area contributed by atoms with Gasteiger partial charge in [0.2, 0.25) is 0 Å². The van der Waals surface area contributed by atoms with E-state index < -0.39 is 0 Å². The molecule has 1 aliphatic heterocycles. The van der Waals surface area contributed by atoms with E-state index >= 15 is 0 Å². The Morgan fingerprint density at radius 3 is 2.35 bits per heavy atom. The minimum absolute atomic E-state index is 0.288. The summed E-state index contributed by atoms with van der Waals surface area (Å²) in [7, 11) is 0. The number of rotatable bonds is 7. The molecule has 3 heteroatoms. The van der Waals surface area contributed by atoms with E-state index in [2.05, 4.69) is 61.8 Å². The van der Waals surface area contributed by atoms with E-state index in [1.807, 2.05) is 0 Å². The highest BCUT2D eigenvalue weighted by Crippen LogP contribution is 2.19. The van der Waals surface area contributed by atoms with E-state index in [-0.39, 0.29) is 6.61 Å². The Labute approximate surface area is 142 Å². The summed E-state index contributed by atoms with van der Waals surface area (Å²) in [4.78, 5) is 5.11. The molecule has 1 aromatic carbocycles. The fraction of sp³-hybridized carbons (Fsp3) is 0.700. The van der Waals surface area contributed by atoms with Crippen molar-refractivity contribution in [2.75, 3.05) is 32.8 Å². The van der Waals surface area contributed by atoms with E-state index in [1.54, 1.807) is 0 Å². The zero-order valence-corrected chi connectivity index (χ0v) is 15.3. The van der Waals surface area contributed by atoms with Gasteiger partial charge in [0.05, 0.1) is 0 Å². The van der Waals surface area contributed by atoms with Crippen LogP contribution in [0.2, 0.25) is 0 Å². The van der Waals surface area contributed by atoms with Crippen molar-refractivity contribution in [2.45, 2.75) is 52.6 Å². The van der Waals surface area contributed by atoms with Gasteiger partial charge in [0.25, 0.3) is 0 Å². The molecule has 1 saturated heterocycles. The standard InChI is InChI=1S/C20H34N2O/c1-16(2)13-22-11-10-21(15-20(22)9-12-23)14-18-5-7-19(8-6-18)17(3)4/h5-8,16-17,20,23H,9-15H2,1-4H3/t20-/m1/s1. The average Bonchev–Trinajstić information content (AvgIpc) is 2.50. The molecule has 0 aromatic heterocycles. The Balaban J connectivity index is 1.93. The number of hydrogen-bond acceptors (Lipinski definition) is 3.